The summed E-state index contributed by atoms with van der Waals surface area (Å²) in [6.07, 6.45) is 0. The molecule has 7 nitrogen and oxygen atoms in total. The van der Waals surface area contributed by atoms with Crippen molar-refractivity contribution < 1.29 is 4.79 Å². The molecule has 158 valence electrons. The Labute approximate surface area is 180 Å². The molecule has 0 saturated carbocycles. The molecule has 2 aromatic carbocycles. The van der Waals surface area contributed by atoms with Crippen LogP contribution in [0.25, 0.3) is 16.6 Å². The lowest BCUT2D eigenvalue weighted by molar-refractivity contribution is -0.122. The zero-order chi connectivity index (χ0) is 22.1. The van der Waals surface area contributed by atoms with Gasteiger partial charge in [-0.3, -0.25) is 9.59 Å². The van der Waals surface area contributed by atoms with Crippen LogP contribution in [0, 0.1) is 27.7 Å². The number of amides is 1. The Morgan fingerprint density at radius 2 is 1.74 bits per heavy atom. The summed E-state index contributed by atoms with van der Waals surface area (Å²) in [7, 11) is 0. The lowest BCUT2D eigenvalue weighted by atomic mass is 10.1. The Balaban J connectivity index is 1.67. The van der Waals surface area contributed by atoms with Crippen LogP contribution in [0.1, 0.15) is 28.1 Å². The zero-order valence-electron chi connectivity index (χ0n) is 18.1. The average molecular weight is 415 g/mol. The smallest absolute Gasteiger partial charge is 0.278 e. The van der Waals surface area contributed by atoms with Gasteiger partial charge in [0.05, 0.1) is 22.5 Å². The number of nitrogens with zero attached hydrogens (tertiary/aromatic N) is 4. The molecule has 0 unspecified atom stereocenters. The molecule has 7 heteroatoms. The highest BCUT2D eigenvalue weighted by Crippen LogP contribution is 2.22. The van der Waals surface area contributed by atoms with E-state index in [1.54, 1.807) is 11.6 Å². The third-order valence-electron chi connectivity index (χ3n) is 5.38. The molecular weight excluding hydrogens is 390 g/mol. The standard InChI is InChI=1S/C24H25N5O2/c1-15-10-11-20(16(2)12-15)29-18(4)22-23(27-29)17(3)26-28(24(22)31)14-21(30)25-13-19-8-6-5-7-9-19/h5-12H,13-14H2,1-4H3,(H,25,30). The lowest BCUT2D eigenvalue weighted by Crippen LogP contribution is -2.33. The molecule has 0 fully saturated rings. The minimum atomic E-state index is -0.316. The number of hydrogen-bond donors (Lipinski definition) is 1. The van der Waals surface area contributed by atoms with Crippen molar-refractivity contribution in [1.29, 1.82) is 0 Å². The first-order valence-corrected chi connectivity index (χ1v) is 10.2. The molecular formula is C24H25N5O2. The number of carbonyl (C=O) groups excluding carboxylic acids is 1. The van der Waals surface area contributed by atoms with Crippen LogP contribution in [0.5, 0.6) is 0 Å². The number of aromatic nitrogens is 4. The maximum Gasteiger partial charge on any atom is 0.278 e. The molecule has 4 rings (SSSR count). The van der Waals surface area contributed by atoms with E-state index < -0.39 is 0 Å². The van der Waals surface area contributed by atoms with E-state index in [1.165, 1.54) is 4.68 Å². The fourth-order valence-electron chi connectivity index (χ4n) is 3.79. The normalized spacial score (nSPS) is 11.1. The van der Waals surface area contributed by atoms with Crippen LogP contribution in [-0.2, 0) is 17.9 Å². The lowest BCUT2D eigenvalue weighted by Gasteiger charge is -2.09. The van der Waals surface area contributed by atoms with E-state index in [0.717, 1.165) is 28.1 Å². The zero-order valence-corrected chi connectivity index (χ0v) is 18.1. The molecule has 4 aromatic rings. The molecule has 0 aliphatic carbocycles. The van der Waals surface area contributed by atoms with E-state index in [-0.39, 0.29) is 18.0 Å². The number of hydrogen-bond acceptors (Lipinski definition) is 4. The first kappa shape index (κ1) is 20.5. The number of carbonyl (C=O) groups is 1. The van der Waals surface area contributed by atoms with Gasteiger partial charge in [-0.1, -0.05) is 48.0 Å². The summed E-state index contributed by atoms with van der Waals surface area (Å²) in [4.78, 5) is 25.6. The van der Waals surface area contributed by atoms with Crippen LogP contribution in [0.4, 0.5) is 0 Å². The molecule has 1 N–H and O–H groups in total. The molecule has 0 atom stereocenters. The third-order valence-corrected chi connectivity index (χ3v) is 5.38. The number of aryl methyl sites for hydroxylation is 4. The second-order valence-corrected chi connectivity index (χ2v) is 7.82. The maximum atomic E-state index is 13.2. The first-order valence-electron chi connectivity index (χ1n) is 10.2. The molecule has 0 saturated heterocycles. The molecule has 2 heterocycles. The minimum Gasteiger partial charge on any atom is -0.350 e. The van der Waals surface area contributed by atoms with Crippen molar-refractivity contribution in [3.8, 4) is 5.69 Å². The summed E-state index contributed by atoms with van der Waals surface area (Å²) in [6, 6.07) is 15.7. The predicted molar refractivity (Wildman–Crippen MR) is 120 cm³/mol. The van der Waals surface area contributed by atoms with Gasteiger partial charge in [0.25, 0.3) is 5.56 Å². The van der Waals surface area contributed by atoms with E-state index in [4.69, 9.17) is 0 Å². The van der Waals surface area contributed by atoms with Gasteiger partial charge < -0.3 is 5.32 Å². The van der Waals surface area contributed by atoms with Gasteiger partial charge >= 0.3 is 0 Å². The molecule has 2 aromatic heterocycles. The van der Waals surface area contributed by atoms with E-state index in [9.17, 15) is 9.59 Å². The number of fused-ring (bicyclic) bond motifs is 1. The van der Waals surface area contributed by atoms with Gasteiger partial charge in [-0.2, -0.15) is 10.2 Å². The van der Waals surface area contributed by atoms with E-state index in [1.807, 2.05) is 63.2 Å². The molecule has 1 amide bonds. The van der Waals surface area contributed by atoms with Crippen molar-refractivity contribution in [2.75, 3.05) is 0 Å². The summed E-state index contributed by atoms with van der Waals surface area (Å²) in [5.41, 5.74) is 5.73. The molecule has 31 heavy (non-hydrogen) atoms. The summed E-state index contributed by atoms with van der Waals surface area (Å²) < 4.78 is 3.01. The molecule has 0 bridgehead atoms. The Kier molecular flexibility index (Phi) is 5.42. The topological polar surface area (TPSA) is 81.8 Å². The second-order valence-electron chi connectivity index (χ2n) is 7.82. The highest BCUT2D eigenvalue weighted by Gasteiger charge is 2.19. The largest absolute Gasteiger partial charge is 0.350 e. The second kappa shape index (κ2) is 8.18. The average Bonchev–Trinajstić information content (AvgIpc) is 3.09. The predicted octanol–water partition coefficient (Wildman–Crippen LogP) is 3.13. The maximum absolute atomic E-state index is 13.2. The Morgan fingerprint density at radius 3 is 2.45 bits per heavy atom. The van der Waals surface area contributed by atoms with Crippen molar-refractivity contribution in [2.45, 2.75) is 40.8 Å². The molecule has 0 aliphatic rings. The van der Waals surface area contributed by atoms with Crippen LogP contribution < -0.4 is 10.9 Å². The molecule has 0 radical (unpaired) electrons. The summed E-state index contributed by atoms with van der Waals surface area (Å²) in [5.74, 6) is -0.267. The van der Waals surface area contributed by atoms with Gasteiger partial charge in [0, 0.05) is 6.54 Å². The van der Waals surface area contributed by atoms with E-state index in [2.05, 4.69) is 21.6 Å². The SMILES string of the molecule is Cc1ccc(-n2nc3c(C)nn(CC(=O)NCc4ccccc4)c(=O)c3c2C)c(C)c1. The van der Waals surface area contributed by atoms with Gasteiger partial charge in [0.15, 0.2) is 0 Å². The van der Waals surface area contributed by atoms with Gasteiger partial charge in [0.1, 0.15) is 12.1 Å². The van der Waals surface area contributed by atoms with Gasteiger partial charge in [-0.25, -0.2) is 9.36 Å². The molecule has 0 spiro atoms. The van der Waals surface area contributed by atoms with Crippen LogP contribution >= 0.6 is 0 Å². The number of benzene rings is 2. The van der Waals surface area contributed by atoms with Crippen molar-refractivity contribution in [3.05, 3.63) is 87.0 Å². The Hall–Kier alpha value is -3.74. The highest BCUT2D eigenvalue weighted by molar-refractivity contribution is 5.83. The summed E-state index contributed by atoms with van der Waals surface area (Å²) in [6.45, 7) is 8.00. The van der Waals surface area contributed by atoms with Gasteiger partial charge in [0.2, 0.25) is 5.91 Å². The van der Waals surface area contributed by atoms with Crippen molar-refractivity contribution in [2.24, 2.45) is 0 Å². The fraction of sp³-hybridized carbons (Fsp3) is 0.250. The summed E-state index contributed by atoms with van der Waals surface area (Å²) >= 11 is 0. The van der Waals surface area contributed by atoms with E-state index in [0.29, 0.717) is 23.1 Å². The number of rotatable bonds is 5. The molecule has 0 aliphatic heterocycles. The van der Waals surface area contributed by atoms with Crippen LogP contribution in [0.3, 0.4) is 0 Å². The van der Waals surface area contributed by atoms with Crippen LogP contribution in [0.2, 0.25) is 0 Å². The number of nitrogens with one attached hydrogen (secondary N) is 1. The Bertz CT molecular complexity index is 1340. The monoisotopic (exact) mass is 415 g/mol. The third kappa shape index (κ3) is 3.99. The van der Waals surface area contributed by atoms with Crippen molar-refractivity contribution in [3.63, 3.8) is 0 Å². The first-order chi connectivity index (χ1) is 14.8. The van der Waals surface area contributed by atoms with Gasteiger partial charge in [-0.05, 0) is 44.9 Å². The quantitative estimate of drug-likeness (QED) is 0.543. The Morgan fingerprint density at radius 1 is 1.00 bits per heavy atom. The summed E-state index contributed by atoms with van der Waals surface area (Å²) in [5, 5.41) is 12.3. The highest BCUT2D eigenvalue weighted by atomic mass is 16.2. The van der Waals surface area contributed by atoms with Crippen LogP contribution in [0.15, 0.2) is 53.3 Å². The van der Waals surface area contributed by atoms with Crippen molar-refractivity contribution >= 4 is 16.8 Å². The minimum absolute atomic E-state index is 0.142. The van der Waals surface area contributed by atoms with Crippen molar-refractivity contribution in [1.82, 2.24) is 24.9 Å². The van der Waals surface area contributed by atoms with Gasteiger partial charge in [-0.15, -0.1) is 0 Å². The van der Waals surface area contributed by atoms with E-state index >= 15 is 0 Å². The van der Waals surface area contributed by atoms with Crippen LogP contribution in [-0.4, -0.2) is 25.5 Å². The fourth-order valence-corrected chi connectivity index (χ4v) is 3.79.